The standard InChI is InChI=1S/C24H28N2O3S2/c1-5-17-6-8-18(9-7-17)23-26-21(14-30-23)15-31(28,29)16-22(27)25-20-12-10-19(11-13-20)24(2,3)4/h6-14H,5,15-16H2,1-4H3,(H,25,27). The highest BCUT2D eigenvalue weighted by Crippen LogP contribution is 2.26. The summed E-state index contributed by atoms with van der Waals surface area (Å²) in [5, 5.41) is 5.18. The van der Waals surface area contributed by atoms with Gasteiger partial charge in [0.05, 0.1) is 11.4 Å². The van der Waals surface area contributed by atoms with Gasteiger partial charge in [-0.15, -0.1) is 11.3 Å². The molecule has 0 atom stereocenters. The van der Waals surface area contributed by atoms with Crippen LogP contribution in [0.3, 0.4) is 0 Å². The van der Waals surface area contributed by atoms with Crippen molar-refractivity contribution in [1.29, 1.82) is 0 Å². The molecule has 1 aromatic heterocycles. The monoisotopic (exact) mass is 456 g/mol. The van der Waals surface area contributed by atoms with Crippen molar-refractivity contribution < 1.29 is 13.2 Å². The lowest BCUT2D eigenvalue weighted by atomic mass is 9.87. The van der Waals surface area contributed by atoms with Crippen molar-refractivity contribution >= 4 is 32.8 Å². The first-order valence-electron chi connectivity index (χ1n) is 10.2. The molecule has 31 heavy (non-hydrogen) atoms. The second-order valence-corrected chi connectivity index (χ2v) is 11.5. The molecule has 0 bridgehead atoms. The molecule has 0 fully saturated rings. The second kappa shape index (κ2) is 9.32. The number of sulfone groups is 1. The van der Waals surface area contributed by atoms with Crippen molar-refractivity contribution in [3.05, 3.63) is 70.7 Å². The molecule has 1 N–H and O–H groups in total. The molecule has 7 heteroatoms. The van der Waals surface area contributed by atoms with Crippen molar-refractivity contribution in [3.63, 3.8) is 0 Å². The van der Waals surface area contributed by atoms with Crippen molar-refractivity contribution in [1.82, 2.24) is 4.98 Å². The summed E-state index contributed by atoms with van der Waals surface area (Å²) in [4.78, 5) is 16.7. The topological polar surface area (TPSA) is 76.1 Å². The molecule has 1 heterocycles. The van der Waals surface area contributed by atoms with Gasteiger partial charge in [0.15, 0.2) is 9.84 Å². The Bertz CT molecular complexity index is 1140. The van der Waals surface area contributed by atoms with Crippen LogP contribution >= 0.6 is 11.3 Å². The summed E-state index contributed by atoms with van der Waals surface area (Å²) in [5.74, 6) is -1.38. The zero-order valence-corrected chi connectivity index (χ0v) is 19.9. The van der Waals surface area contributed by atoms with E-state index in [9.17, 15) is 13.2 Å². The van der Waals surface area contributed by atoms with E-state index in [1.54, 1.807) is 17.5 Å². The van der Waals surface area contributed by atoms with Gasteiger partial charge >= 0.3 is 0 Å². The fourth-order valence-electron chi connectivity index (χ4n) is 3.12. The van der Waals surface area contributed by atoms with Crippen molar-refractivity contribution in [2.24, 2.45) is 0 Å². The van der Waals surface area contributed by atoms with Gasteiger partial charge in [0.2, 0.25) is 5.91 Å². The van der Waals surface area contributed by atoms with E-state index in [2.05, 4.69) is 38.0 Å². The largest absolute Gasteiger partial charge is 0.325 e. The number of benzene rings is 2. The van der Waals surface area contributed by atoms with Gasteiger partial charge in [0, 0.05) is 16.6 Å². The molecule has 0 spiro atoms. The fourth-order valence-corrected chi connectivity index (χ4v) is 5.22. The lowest BCUT2D eigenvalue weighted by molar-refractivity contribution is -0.113. The Hall–Kier alpha value is -2.51. The molecule has 1 amide bonds. The highest BCUT2D eigenvalue weighted by atomic mass is 32.2. The predicted molar refractivity (Wildman–Crippen MR) is 128 cm³/mol. The Morgan fingerprint density at radius 2 is 1.68 bits per heavy atom. The number of carbonyl (C=O) groups excluding carboxylic acids is 1. The molecular formula is C24H28N2O3S2. The van der Waals surface area contributed by atoms with Crippen LogP contribution in [0.2, 0.25) is 0 Å². The average molecular weight is 457 g/mol. The van der Waals surface area contributed by atoms with Gasteiger partial charge < -0.3 is 5.32 Å². The Morgan fingerprint density at radius 3 is 2.26 bits per heavy atom. The van der Waals surface area contributed by atoms with Crippen LogP contribution in [0.25, 0.3) is 10.6 Å². The Kier molecular flexibility index (Phi) is 6.96. The zero-order valence-electron chi connectivity index (χ0n) is 18.3. The summed E-state index contributed by atoms with van der Waals surface area (Å²) < 4.78 is 25.0. The van der Waals surface area contributed by atoms with Crippen molar-refractivity contribution in [3.8, 4) is 10.6 Å². The number of nitrogens with zero attached hydrogens (tertiary/aromatic N) is 1. The summed E-state index contributed by atoms with van der Waals surface area (Å²) in [5.41, 5.74) is 4.39. The highest BCUT2D eigenvalue weighted by molar-refractivity contribution is 7.91. The minimum Gasteiger partial charge on any atom is -0.325 e. The van der Waals surface area contributed by atoms with Crippen molar-refractivity contribution in [2.45, 2.75) is 45.3 Å². The number of aromatic nitrogens is 1. The Labute approximate surface area is 188 Å². The first kappa shape index (κ1) is 23.2. The number of aryl methyl sites for hydroxylation is 1. The summed E-state index contributed by atoms with van der Waals surface area (Å²) >= 11 is 1.41. The van der Waals surface area contributed by atoms with E-state index in [-0.39, 0.29) is 11.2 Å². The van der Waals surface area contributed by atoms with Gasteiger partial charge in [-0.2, -0.15) is 0 Å². The lowest BCUT2D eigenvalue weighted by Gasteiger charge is -2.19. The number of thiazole rings is 1. The Morgan fingerprint density at radius 1 is 1.03 bits per heavy atom. The van der Waals surface area contributed by atoms with Gasteiger partial charge in [-0.25, -0.2) is 13.4 Å². The number of anilines is 1. The summed E-state index contributed by atoms with van der Waals surface area (Å²) in [7, 11) is -3.63. The number of rotatable bonds is 7. The third-order valence-electron chi connectivity index (χ3n) is 4.91. The van der Waals surface area contributed by atoms with Crippen LogP contribution in [-0.2, 0) is 32.2 Å². The molecule has 0 unspecified atom stereocenters. The fraction of sp³-hybridized carbons (Fsp3) is 0.333. The smallest absolute Gasteiger partial charge is 0.239 e. The number of hydrogen-bond acceptors (Lipinski definition) is 5. The first-order chi connectivity index (χ1) is 14.6. The molecule has 164 valence electrons. The van der Waals surface area contributed by atoms with Gasteiger partial charge in [0.25, 0.3) is 0 Å². The highest BCUT2D eigenvalue weighted by Gasteiger charge is 2.20. The average Bonchev–Trinajstić information content (AvgIpc) is 3.14. The molecule has 3 aromatic rings. The van der Waals surface area contributed by atoms with Crippen molar-refractivity contribution in [2.75, 3.05) is 11.1 Å². The third kappa shape index (κ3) is 6.48. The normalized spacial score (nSPS) is 12.0. The number of hydrogen-bond donors (Lipinski definition) is 1. The summed E-state index contributed by atoms with van der Waals surface area (Å²) in [6, 6.07) is 15.5. The summed E-state index contributed by atoms with van der Waals surface area (Å²) in [6.07, 6.45) is 0.963. The van der Waals surface area contributed by atoms with E-state index in [0.29, 0.717) is 11.4 Å². The van der Waals surface area contributed by atoms with Gasteiger partial charge in [-0.05, 0) is 35.1 Å². The first-order valence-corrected chi connectivity index (χ1v) is 12.9. The minimum atomic E-state index is -3.63. The maximum Gasteiger partial charge on any atom is 0.239 e. The van der Waals surface area contributed by atoms with E-state index in [1.807, 2.05) is 36.4 Å². The number of nitrogens with one attached hydrogen (secondary N) is 1. The number of carbonyl (C=O) groups is 1. The minimum absolute atomic E-state index is 0.0102. The van der Waals surface area contributed by atoms with Crippen LogP contribution in [0.15, 0.2) is 53.9 Å². The SMILES string of the molecule is CCc1ccc(-c2nc(CS(=O)(=O)CC(=O)Nc3ccc(C(C)(C)C)cc3)cs2)cc1. The summed E-state index contributed by atoms with van der Waals surface area (Å²) in [6.45, 7) is 8.42. The molecule has 3 rings (SSSR count). The van der Waals surface area contributed by atoms with Crippen LogP contribution in [0, 0.1) is 0 Å². The second-order valence-electron chi connectivity index (χ2n) is 8.60. The van der Waals surface area contributed by atoms with E-state index in [1.165, 1.54) is 16.9 Å². The van der Waals surface area contributed by atoms with Crippen LogP contribution in [-0.4, -0.2) is 25.1 Å². The molecule has 0 radical (unpaired) electrons. The lowest BCUT2D eigenvalue weighted by Crippen LogP contribution is -2.24. The van der Waals surface area contributed by atoms with Crippen LogP contribution < -0.4 is 5.32 Å². The van der Waals surface area contributed by atoms with E-state index in [0.717, 1.165) is 22.6 Å². The quantitative estimate of drug-likeness (QED) is 0.529. The van der Waals surface area contributed by atoms with E-state index < -0.39 is 21.5 Å². The third-order valence-corrected chi connectivity index (χ3v) is 7.29. The predicted octanol–water partition coefficient (Wildman–Crippen LogP) is 5.22. The molecule has 2 aromatic carbocycles. The molecule has 0 saturated carbocycles. The van der Waals surface area contributed by atoms with Crippen LogP contribution in [0.1, 0.15) is 44.5 Å². The molecule has 0 saturated heterocycles. The molecular weight excluding hydrogens is 428 g/mol. The van der Waals surface area contributed by atoms with E-state index >= 15 is 0 Å². The number of amides is 1. The molecule has 0 aliphatic rings. The van der Waals surface area contributed by atoms with Gasteiger partial charge in [-0.1, -0.05) is 64.1 Å². The zero-order chi connectivity index (χ0) is 22.6. The molecule has 0 aliphatic heterocycles. The maximum absolute atomic E-state index is 12.5. The van der Waals surface area contributed by atoms with Crippen LogP contribution in [0.4, 0.5) is 5.69 Å². The van der Waals surface area contributed by atoms with Gasteiger partial charge in [0.1, 0.15) is 10.8 Å². The molecule has 5 nitrogen and oxygen atoms in total. The molecule has 0 aliphatic carbocycles. The Balaban J connectivity index is 1.60. The van der Waals surface area contributed by atoms with Gasteiger partial charge in [-0.3, -0.25) is 4.79 Å². The maximum atomic E-state index is 12.5. The van der Waals surface area contributed by atoms with Crippen LogP contribution in [0.5, 0.6) is 0 Å². The van der Waals surface area contributed by atoms with E-state index in [4.69, 9.17) is 0 Å².